The monoisotopic (exact) mass is 835 g/mol. The van der Waals surface area contributed by atoms with Crippen molar-refractivity contribution in [3.63, 3.8) is 0 Å². The Hall–Kier alpha value is -8.14. The molecule has 312 valence electrons. The summed E-state index contributed by atoms with van der Waals surface area (Å²) in [7, 11) is 0. The SMILES string of the molecule is C\C=C/C(Nc1ccccc1)=C(\C=C\c1ccc2c(c1)C(C)(C)c1cc(-c3ccc4c(c3)c3ccccc3n4-c3ccccc3)ccc1N2c1ccc2ccccc2c1)c1ccccc1. The Morgan fingerprint density at radius 3 is 1.91 bits per heavy atom. The van der Waals surface area contributed by atoms with Crippen LogP contribution in [-0.4, -0.2) is 4.57 Å². The van der Waals surface area contributed by atoms with Crippen molar-refractivity contribution >= 4 is 67.0 Å². The predicted octanol–water partition coefficient (Wildman–Crippen LogP) is 16.8. The molecule has 0 radical (unpaired) electrons. The zero-order chi connectivity index (χ0) is 43.9. The van der Waals surface area contributed by atoms with E-state index in [2.05, 4.69) is 266 Å². The topological polar surface area (TPSA) is 20.2 Å². The number of rotatable bonds is 9. The summed E-state index contributed by atoms with van der Waals surface area (Å²) in [6.07, 6.45) is 8.78. The number of nitrogens with one attached hydrogen (secondary N) is 1. The van der Waals surface area contributed by atoms with Crippen LogP contribution in [0.4, 0.5) is 22.7 Å². The third-order valence-corrected chi connectivity index (χ3v) is 13.1. The molecule has 3 nitrogen and oxygen atoms in total. The van der Waals surface area contributed by atoms with Gasteiger partial charge in [-0.05, 0) is 136 Å². The molecule has 0 fully saturated rings. The molecule has 11 rings (SSSR count). The number of nitrogens with zero attached hydrogens (tertiary/aromatic N) is 2. The van der Waals surface area contributed by atoms with E-state index in [4.69, 9.17) is 0 Å². The molecule has 0 unspecified atom stereocenters. The zero-order valence-electron chi connectivity index (χ0n) is 36.9. The smallest absolute Gasteiger partial charge is 0.0541 e. The van der Waals surface area contributed by atoms with Crippen LogP contribution in [0, 0.1) is 0 Å². The van der Waals surface area contributed by atoms with Crippen LogP contribution in [-0.2, 0) is 5.41 Å². The second-order valence-corrected chi connectivity index (χ2v) is 17.4. The predicted molar refractivity (Wildman–Crippen MR) is 278 cm³/mol. The molecule has 0 bridgehead atoms. The zero-order valence-corrected chi connectivity index (χ0v) is 36.9. The Morgan fingerprint density at radius 2 is 1.12 bits per heavy atom. The van der Waals surface area contributed by atoms with Crippen LogP contribution in [0.2, 0.25) is 0 Å². The summed E-state index contributed by atoms with van der Waals surface area (Å²) in [5.74, 6) is 0. The molecule has 1 aliphatic heterocycles. The van der Waals surface area contributed by atoms with Crippen LogP contribution in [0.25, 0.3) is 61.0 Å². The highest BCUT2D eigenvalue weighted by Gasteiger charge is 2.37. The molecule has 0 spiro atoms. The van der Waals surface area contributed by atoms with E-state index < -0.39 is 0 Å². The summed E-state index contributed by atoms with van der Waals surface area (Å²) in [4.78, 5) is 2.47. The highest BCUT2D eigenvalue weighted by molar-refractivity contribution is 6.10. The van der Waals surface area contributed by atoms with Gasteiger partial charge >= 0.3 is 0 Å². The molecule has 9 aromatic carbocycles. The molecule has 65 heavy (non-hydrogen) atoms. The van der Waals surface area contributed by atoms with E-state index in [1.807, 2.05) is 6.07 Å². The van der Waals surface area contributed by atoms with E-state index in [1.54, 1.807) is 0 Å². The average molecular weight is 836 g/mol. The van der Waals surface area contributed by atoms with Crippen molar-refractivity contribution in [3.05, 3.63) is 259 Å². The van der Waals surface area contributed by atoms with Crippen LogP contribution in [0.3, 0.4) is 0 Å². The van der Waals surface area contributed by atoms with Gasteiger partial charge in [0.05, 0.1) is 22.4 Å². The van der Waals surface area contributed by atoms with Gasteiger partial charge in [-0.2, -0.15) is 0 Å². The van der Waals surface area contributed by atoms with E-state index in [-0.39, 0.29) is 5.41 Å². The van der Waals surface area contributed by atoms with E-state index >= 15 is 0 Å². The lowest BCUT2D eigenvalue weighted by Crippen LogP contribution is -2.30. The van der Waals surface area contributed by atoms with E-state index in [0.717, 1.165) is 39.5 Å². The summed E-state index contributed by atoms with van der Waals surface area (Å²) in [5.41, 5.74) is 17.2. The number of para-hydroxylation sites is 3. The summed E-state index contributed by atoms with van der Waals surface area (Å²) < 4.78 is 2.38. The Bertz CT molecular complexity index is 3480. The summed E-state index contributed by atoms with van der Waals surface area (Å²) in [6, 6.07) is 77.0. The van der Waals surface area contributed by atoms with Gasteiger partial charge in [0.15, 0.2) is 0 Å². The molecule has 2 heterocycles. The fraction of sp³-hybridized carbons (Fsp3) is 0.0645. The van der Waals surface area contributed by atoms with Gasteiger partial charge in [-0.15, -0.1) is 0 Å². The first-order valence-corrected chi connectivity index (χ1v) is 22.5. The quantitative estimate of drug-likeness (QED) is 0.146. The Balaban J connectivity index is 1.05. The summed E-state index contributed by atoms with van der Waals surface area (Å²) >= 11 is 0. The van der Waals surface area contributed by atoms with Crippen LogP contribution in [0.15, 0.2) is 236 Å². The van der Waals surface area contributed by atoms with Gasteiger partial charge in [0.25, 0.3) is 0 Å². The molecule has 1 aliphatic rings. The normalized spacial score (nSPS) is 13.7. The van der Waals surface area contributed by atoms with E-state index in [1.165, 1.54) is 66.2 Å². The third-order valence-electron chi connectivity index (χ3n) is 13.1. The van der Waals surface area contributed by atoms with Crippen molar-refractivity contribution < 1.29 is 0 Å². The highest BCUT2D eigenvalue weighted by atomic mass is 15.2. The molecule has 1 N–H and O–H groups in total. The molecular weight excluding hydrogens is 787 g/mol. The number of allylic oxidation sites excluding steroid dienone is 4. The first-order valence-electron chi connectivity index (χ1n) is 22.5. The molecular formula is C62H49N3. The fourth-order valence-corrected chi connectivity index (χ4v) is 9.82. The number of benzene rings is 9. The van der Waals surface area contributed by atoms with Crippen molar-refractivity contribution in [3.8, 4) is 16.8 Å². The number of fused-ring (bicyclic) bond motifs is 6. The van der Waals surface area contributed by atoms with Gasteiger partial charge in [-0.1, -0.05) is 166 Å². The van der Waals surface area contributed by atoms with Gasteiger partial charge in [-0.3, -0.25) is 0 Å². The Morgan fingerprint density at radius 1 is 0.492 bits per heavy atom. The molecule has 1 aromatic heterocycles. The van der Waals surface area contributed by atoms with Gasteiger partial charge in [-0.25, -0.2) is 0 Å². The molecule has 0 saturated heterocycles. The number of anilines is 4. The number of aromatic nitrogens is 1. The summed E-state index contributed by atoms with van der Waals surface area (Å²) in [5, 5.41) is 8.66. The van der Waals surface area contributed by atoms with Crippen LogP contribution < -0.4 is 10.2 Å². The van der Waals surface area contributed by atoms with Crippen molar-refractivity contribution in [2.45, 2.75) is 26.2 Å². The second kappa shape index (κ2) is 16.5. The molecule has 10 aromatic rings. The fourth-order valence-electron chi connectivity index (χ4n) is 9.82. The van der Waals surface area contributed by atoms with Crippen molar-refractivity contribution in [1.82, 2.24) is 4.57 Å². The molecule has 3 heteroatoms. The number of hydrogen-bond donors (Lipinski definition) is 1. The lowest BCUT2D eigenvalue weighted by molar-refractivity contribution is 0.632. The van der Waals surface area contributed by atoms with Crippen LogP contribution in [0.1, 0.15) is 43.0 Å². The Kier molecular flexibility index (Phi) is 10.1. The minimum atomic E-state index is -0.325. The molecule has 0 saturated carbocycles. The first-order chi connectivity index (χ1) is 31.9. The Labute approximate surface area is 381 Å². The molecule has 0 atom stereocenters. The van der Waals surface area contributed by atoms with Crippen LogP contribution in [0.5, 0.6) is 0 Å². The average Bonchev–Trinajstić information content (AvgIpc) is 3.69. The highest BCUT2D eigenvalue weighted by Crippen LogP contribution is 2.53. The van der Waals surface area contributed by atoms with Gasteiger partial charge in [0.2, 0.25) is 0 Å². The van der Waals surface area contributed by atoms with E-state index in [9.17, 15) is 0 Å². The maximum atomic E-state index is 3.70. The lowest BCUT2D eigenvalue weighted by atomic mass is 9.72. The van der Waals surface area contributed by atoms with Crippen molar-refractivity contribution in [1.29, 1.82) is 0 Å². The van der Waals surface area contributed by atoms with Crippen LogP contribution >= 0.6 is 0 Å². The summed E-state index contributed by atoms with van der Waals surface area (Å²) in [6.45, 7) is 6.84. The third kappa shape index (κ3) is 7.22. The maximum absolute atomic E-state index is 3.70. The maximum Gasteiger partial charge on any atom is 0.0541 e. The minimum absolute atomic E-state index is 0.325. The van der Waals surface area contributed by atoms with E-state index in [0.29, 0.717) is 0 Å². The lowest BCUT2D eigenvalue weighted by Gasteiger charge is -2.42. The molecule has 0 aliphatic carbocycles. The van der Waals surface area contributed by atoms with Crippen molar-refractivity contribution in [2.75, 3.05) is 10.2 Å². The number of hydrogen-bond acceptors (Lipinski definition) is 2. The van der Waals surface area contributed by atoms with Gasteiger partial charge < -0.3 is 14.8 Å². The second-order valence-electron chi connectivity index (χ2n) is 17.4. The van der Waals surface area contributed by atoms with Gasteiger partial charge in [0, 0.05) is 44.5 Å². The van der Waals surface area contributed by atoms with Crippen molar-refractivity contribution in [2.24, 2.45) is 0 Å². The van der Waals surface area contributed by atoms with Gasteiger partial charge in [0.1, 0.15) is 0 Å². The first kappa shape index (κ1) is 39.7. The largest absolute Gasteiger partial charge is 0.355 e. The standard InChI is InChI=1S/C62H49N3/c1-4-18-57(63-49-23-10-6-11-24-49)52(45-20-8-5-9-21-45)35-29-43-30-36-60-55(39-43)62(2,3)56-42-48(33-38-61(56)65(60)51-34-31-44-19-14-15-22-46(44)40-51)47-32-37-59-54(41-47)53-27-16-17-28-58(53)64(59)50-25-12-7-13-26-50/h4-42,63H,1-3H3/b18-4-,35-29+,57-52-. The minimum Gasteiger partial charge on any atom is -0.355 e. The molecule has 0 amide bonds.